The summed E-state index contributed by atoms with van der Waals surface area (Å²) in [7, 11) is 0. The van der Waals surface area contributed by atoms with E-state index >= 15 is 0 Å². The molecule has 2 atom stereocenters. The molecule has 2 aromatic heterocycles. The van der Waals surface area contributed by atoms with Gasteiger partial charge in [0.1, 0.15) is 5.58 Å². The number of aromatic nitrogens is 1. The average molecular weight is 389 g/mol. The van der Waals surface area contributed by atoms with Gasteiger partial charge < -0.3 is 14.6 Å². The Morgan fingerprint density at radius 2 is 1.61 bits per heavy atom. The summed E-state index contributed by atoms with van der Waals surface area (Å²) in [6, 6.07) is 4.14. The minimum absolute atomic E-state index is 0.0117. The van der Waals surface area contributed by atoms with Gasteiger partial charge in [0.2, 0.25) is 11.8 Å². The molecule has 144 valence electrons. The molecule has 8 heteroatoms. The van der Waals surface area contributed by atoms with Crippen LogP contribution in [0.4, 0.5) is 13.2 Å². The zero-order chi connectivity index (χ0) is 19.8. The van der Waals surface area contributed by atoms with Crippen molar-refractivity contribution < 1.29 is 27.8 Å². The number of halogens is 3. The molecule has 2 heterocycles. The van der Waals surface area contributed by atoms with Crippen molar-refractivity contribution in [3.05, 3.63) is 63.5 Å². The van der Waals surface area contributed by atoms with Crippen LogP contribution in [0.2, 0.25) is 0 Å². The lowest BCUT2D eigenvalue weighted by atomic mass is 9.73. The van der Waals surface area contributed by atoms with Crippen LogP contribution >= 0.6 is 0 Å². The SMILES string of the molecule is O=c1cc(C(F)(F)F)c2ccc(-n3c(O)c4c(c3O)[C@H]3C=C[C@@H]4CC3)cc2o1. The highest BCUT2D eigenvalue weighted by atomic mass is 19.4. The standard InChI is InChI=1S/C20H14F3NO4/c21-20(22,23)13-8-15(25)28-14-7-11(5-6-12(13)14)24-18(26)16-9-1-2-10(4-3-9)17(16)19(24)27/h1-2,5-10,26-27H,3-4H2/t9-,10+. The maximum Gasteiger partial charge on any atom is 0.417 e. The first-order chi connectivity index (χ1) is 13.3. The Balaban J connectivity index is 1.74. The summed E-state index contributed by atoms with van der Waals surface area (Å²) in [5.41, 5.74) is -1.00. The van der Waals surface area contributed by atoms with Gasteiger partial charge in [-0.25, -0.2) is 4.79 Å². The fourth-order valence-corrected chi connectivity index (χ4v) is 4.38. The summed E-state index contributed by atoms with van der Waals surface area (Å²) in [6.07, 6.45) is 0.987. The Labute approximate surface area is 155 Å². The highest BCUT2D eigenvalue weighted by Crippen LogP contribution is 2.54. The highest BCUT2D eigenvalue weighted by molar-refractivity contribution is 5.83. The van der Waals surface area contributed by atoms with Crippen molar-refractivity contribution in [2.75, 3.05) is 0 Å². The van der Waals surface area contributed by atoms with Crippen molar-refractivity contribution in [3.8, 4) is 17.4 Å². The van der Waals surface area contributed by atoms with Gasteiger partial charge in [-0.3, -0.25) is 4.57 Å². The molecule has 0 saturated heterocycles. The predicted molar refractivity (Wildman–Crippen MR) is 94.0 cm³/mol. The van der Waals surface area contributed by atoms with Gasteiger partial charge in [-0.2, -0.15) is 13.2 Å². The molecule has 28 heavy (non-hydrogen) atoms. The summed E-state index contributed by atoms with van der Waals surface area (Å²) in [5, 5.41) is 21.2. The number of alkyl halides is 3. The van der Waals surface area contributed by atoms with Crippen LogP contribution in [0, 0.1) is 0 Å². The molecule has 0 aliphatic heterocycles. The maximum atomic E-state index is 13.2. The number of rotatable bonds is 1. The number of benzene rings is 1. The first kappa shape index (κ1) is 17.0. The smallest absolute Gasteiger partial charge is 0.417 e. The first-order valence-electron chi connectivity index (χ1n) is 8.76. The van der Waals surface area contributed by atoms with E-state index in [1.54, 1.807) is 0 Å². The Morgan fingerprint density at radius 1 is 1.00 bits per heavy atom. The number of hydrogen-bond acceptors (Lipinski definition) is 4. The van der Waals surface area contributed by atoms with Crippen LogP contribution in [0.5, 0.6) is 11.8 Å². The second-order valence-electron chi connectivity index (χ2n) is 7.14. The Morgan fingerprint density at radius 3 is 2.14 bits per heavy atom. The third kappa shape index (κ3) is 2.23. The van der Waals surface area contributed by atoms with E-state index in [2.05, 4.69) is 0 Å². The van der Waals surface area contributed by atoms with Crippen LogP contribution in [0.3, 0.4) is 0 Å². The van der Waals surface area contributed by atoms with Gasteiger partial charge in [-0.1, -0.05) is 12.2 Å². The number of hydrogen-bond donors (Lipinski definition) is 2. The van der Waals surface area contributed by atoms with E-state index in [1.807, 2.05) is 12.2 Å². The van der Waals surface area contributed by atoms with Crippen LogP contribution in [0.25, 0.3) is 16.7 Å². The lowest BCUT2D eigenvalue weighted by molar-refractivity contribution is -0.136. The van der Waals surface area contributed by atoms with Crippen molar-refractivity contribution in [3.63, 3.8) is 0 Å². The topological polar surface area (TPSA) is 75.6 Å². The molecule has 1 aromatic carbocycles. The van der Waals surface area contributed by atoms with Crippen molar-refractivity contribution >= 4 is 11.0 Å². The number of nitrogens with zero attached hydrogens (tertiary/aromatic N) is 1. The van der Waals surface area contributed by atoms with Gasteiger partial charge in [0.25, 0.3) is 0 Å². The summed E-state index contributed by atoms with van der Waals surface area (Å²) in [6.45, 7) is 0. The van der Waals surface area contributed by atoms with Gasteiger partial charge in [-0.05, 0) is 25.0 Å². The predicted octanol–water partition coefficient (Wildman–Crippen LogP) is 4.54. The number of fused-ring (bicyclic) bond motifs is 2. The van der Waals surface area contributed by atoms with Gasteiger partial charge in [0.15, 0.2) is 0 Å². The van der Waals surface area contributed by atoms with Crippen LogP contribution in [-0.2, 0) is 6.18 Å². The largest absolute Gasteiger partial charge is 0.494 e. The van der Waals surface area contributed by atoms with Crippen molar-refractivity contribution in [1.82, 2.24) is 4.57 Å². The monoisotopic (exact) mass is 389 g/mol. The zero-order valence-electron chi connectivity index (χ0n) is 14.3. The van der Waals surface area contributed by atoms with Crippen LogP contribution in [-0.4, -0.2) is 14.8 Å². The Kier molecular flexibility index (Phi) is 3.29. The fourth-order valence-electron chi connectivity index (χ4n) is 4.38. The molecule has 2 N–H and O–H groups in total. The lowest BCUT2D eigenvalue weighted by Crippen LogP contribution is -2.15. The van der Waals surface area contributed by atoms with Crippen LogP contribution < -0.4 is 5.63 Å². The van der Waals surface area contributed by atoms with Crippen molar-refractivity contribution in [1.29, 1.82) is 0 Å². The number of aromatic hydroxyl groups is 2. The van der Waals surface area contributed by atoms with Gasteiger partial charge in [0, 0.05) is 40.5 Å². The minimum Gasteiger partial charge on any atom is -0.494 e. The third-order valence-electron chi connectivity index (χ3n) is 5.59. The summed E-state index contributed by atoms with van der Waals surface area (Å²) in [4.78, 5) is 11.6. The molecule has 0 saturated carbocycles. The van der Waals surface area contributed by atoms with E-state index in [9.17, 15) is 28.2 Å². The molecule has 0 spiro atoms. The second kappa shape index (κ2) is 5.43. The Bertz CT molecular complexity index is 1180. The van der Waals surface area contributed by atoms with Gasteiger partial charge in [0.05, 0.1) is 11.3 Å². The molecule has 5 nitrogen and oxygen atoms in total. The van der Waals surface area contributed by atoms with E-state index in [1.165, 1.54) is 22.8 Å². The number of allylic oxidation sites excluding steroid dienone is 2. The Hall–Kier alpha value is -3.16. The highest BCUT2D eigenvalue weighted by Gasteiger charge is 2.38. The summed E-state index contributed by atoms with van der Waals surface area (Å²) < 4.78 is 45.8. The molecular formula is C20H14F3NO4. The van der Waals surface area contributed by atoms with E-state index in [0.717, 1.165) is 12.8 Å². The molecule has 0 radical (unpaired) electrons. The van der Waals surface area contributed by atoms with Crippen molar-refractivity contribution in [2.24, 2.45) is 0 Å². The first-order valence-corrected chi connectivity index (χ1v) is 8.76. The third-order valence-corrected chi connectivity index (χ3v) is 5.59. The van der Waals surface area contributed by atoms with Crippen molar-refractivity contribution in [2.45, 2.75) is 30.9 Å². The van der Waals surface area contributed by atoms with E-state index in [-0.39, 0.29) is 40.3 Å². The lowest BCUT2D eigenvalue weighted by Gasteiger charge is -2.30. The van der Waals surface area contributed by atoms with Gasteiger partial charge in [-0.15, -0.1) is 0 Å². The molecule has 2 bridgehead atoms. The zero-order valence-corrected chi connectivity index (χ0v) is 14.3. The molecule has 0 unspecified atom stereocenters. The minimum atomic E-state index is -4.71. The summed E-state index contributed by atoms with van der Waals surface area (Å²) in [5.74, 6) is -0.329. The maximum absolute atomic E-state index is 13.2. The van der Waals surface area contributed by atoms with Gasteiger partial charge >= 0.3 is 11.8 Å². The molecular weight excluding hydrogens is 375 g/mol. The normalized spacial score (nSPS) is 20.7. The quantitative estimate of drug-likeness (QED) is 0.473. The van der Waals surface area contributed by atoms with E-state index in [0.29, 0.717) is 17.2 Å². The second-order valence-corrected chi connectivity index (χ2v) is 7.14. The molecule has 3 aliphatic carbocycles. The molecule has 0 fully saturated rings. The van der Waals surface area contributed by atoms with E-state index < -0.39 is 17.4 Å². The molecule has 3 aliphatic rings. The van der Waals surface area contributed by atoms with Crippen LogP contribution in [0.1, 0.15) is 41.4 Å². The van der Waals surface area contributed by atoms with Crippen LogP contribution in [0.15, 0.2) is 45.6 Å². The molecule has 0 amide bonds. The van der Waals surface area contributed by atoms with E-state index in [4.69, 9.17) is 4.42 Å². The average Bonchev–Trinajstić information content (AvgIpc) is 2.94. The molecule has 6 rings (SSSR count). The molecule has 3 aromatic rings. The fraction of sp³-hybridized carbons (Fsp3) is 0.250. The summed E-state index contributed by atoms with van der Waals surface area (Å²) >= 11 is 0.